The average molecular weight is 353 g/mol. The van der Waals surface area contributed by atoms with E-state index in [1.165, 1.54) is 6.33 Å². The van der Waals surface area contributed by atoms with Gasteiger partial charge >= 0.3 is 0 Å². The summed E-state index contributed by atoms with van der Waals surface area (Å²) >= 11 is 0. The monoisotopic (exact) mass is 353 g/mol. The zero-order chi connectivity index (χ0) is 18.7. The number of amides is 1. The zero-order valence-electron chi connectivity index (χ0n) is 16.0. The lowest BCUT2D eigenvalue weighted by molar-refractivity contribution is 0.102. The lowest BCUT2D eigenvalue weighted by atomic mass is 9.86. The Hall–Kier alpha value is -2.47. The van der Waals surface area contributed by atoms with Crippen molar-refractivity contribution in [1.29, 1.82) is 0 Å². The van der Waals surface area contributed by atoms with Gasteiger partial charge in [0.05, 0.1) is 0 Å². The maximum atomic E-state index is 12.8. The number of hydrogen-bond acceptors (Lipinski definition) is 5. The molecule has 0 unspecified atom stereocenters. The summed E-state index contributed by atoms with van der Waals surface area (Å²) in [5.41, 5.74) is 2.25. The van der Waals surface area contributed by atoms with E-state index < -0.39 is 0 Å². The molecule has 138 valence electrons. The minimum Gasteiger partial charge on any atom is -0.354 e. The quantitative estimate of drug-likeness (QED) is 0.919. The third kappa shape index (κ3) is 4.19. The lowest BCUT2D eigenvalue weighted by Crippen LogP contribution is -2.44. The SMILES string of the molecule is CN1CCN(c2cc(C(=O)Nc3ccccc3C(C)(C)C)ncn2)CC1. The predicted octanol–water partition coefficient (Wildman–Crippen LogP) is 2.78. The number of nitrogens with zero attached hydrogens (tertiary/aromatic N) is 4. The fourth-order valence-corrected chi connectivity index (χ4v) is 3.11. The minimum atomic E-state index is -0.209. The van der Waals surface area contributed by atoms with Crippen LogP contribution in [0.1, 0.15) is 36.8 Å². The Bertz CT molecular complexity index is 776. The van der Waals surface area contributed by atoms with Gasteiger partial charge in [0, 0.05) is 37.9 Å². The van der Waals surface area contributed by atoms with Crippen LogP contribution in [0.5, 0.6) is 0 Å². The largest absolute Gasteiger partial charge is 0.354 e. The minimum absolute atomic E-state index is 0.0550. The van der Waals surface area contributed by atoms with Gasteiger partial charge in [0.15, 0.2) is 0 Å². The lowest BCUT2D eigenvalue weighted by Gasteiger charge is -2.33. The Labute approximate surface area is 155 Å². The van der Waals surface area contributed by atoms with Crippen LogP contribution in [0, 0.1) is 0 Å². The van der Waals surface area contributed by atoms with Crippen molar-refractivity contribution in [2.45, 2.75) is 26.2 Å². The number of aromatic nitrogens is 2. The Balaban J connectivity index is 1.78. The molecule has 1 N–H and O–H groups in total. The fourth-order valence-electron chi connectivity index (χ4n) is 3.11. The van der Waals surface area contributed by atoms with E-state index in [0.717, 1.165) is 43.2 Å². The highest BCUT2D eigenvalue weighted by Crippen LogP contribution is 2.29. The van der Waals surface area contributed by atoms with Crippen molar-refractivity contribution >= 4 is 17.4 Å². The van der Waals surface area contributed by atoms with E-state index in [4.69, 9.17) is 0 Å². The topological polar surface area (TPSA) is 61.4 Å². The van der Waals surface area contributed by atoms with Crippen molar-refractivity contribution in [2.24, 2.45) is 0 Å². The summed E-state index contributed by atoms with van der Waals surface area (Å²) in [5, 5.41) is 3.01. The number of piperazine rings is 1. The standard InChI is InChI=1S/C20H27N5O/c1-20(2,3)15-7-5-6-8-16(15)23-19(26)17-13-18(22-14-21-17)25-11-9-24(4)10-12-25/h5-8,13-14H,9-12H2,1-4H3,(H,23,26). The smallest absolute Gasteiger partial charge is 0.274 e. The summed E-state index contributed by atoms with van der Waals surface area (Å²) in [6.45, 7) is 10.2. The third-order valence-corrected chi connectivity index (χ3v) is 4.70. The van der Waals surface area contributed by atoms with Crippen molar-refractivity contribution in [2.75, 3.05) is 43.4 Å². The summed E-state index contributed by atoms with van der Waals surface area (Å²) in [6.07, 6.45) is 1.47. The normalized spacial score (nSPS) is 15.8. The number of anilines is 2. The third-order valence-electron chi connectivity index (χ3n) is 4.70. The maximum Gasteiger partial charge on any atom is 0.274 e. The summed E-state index contributed by atoms with van der Waals surface area (Å²) in [4.78, 5) is 25.8. The van der Waals surface area contributed by atoms with Gasteiger partial charge in [0.1, 0.15) is 17.8 Å². The van der Waals surface area contributed by atoms with Crippen LogP contribution in [0.2, 0.25) is 0 Å². The first kappa shape index (κ1) is 18.3. The maximum absolute atomic E-state index is 12.8. The second-order valence-electron chi connectivity index (χ2n) is 7.80. The van der Waals surface area contributed by atoms with Crippen molar-refractivity contribution in [3.8, 4) is 0 Å². The van der Waals surface area contributed by atoms with Gasteiger partial charge in [-0.3, -0.25) is 4.79 Å². The van der Waals surface area contributed by atoms with Crippen LogP contribution in [0.3, 0.4) is 0 Å². The molecule has 6 heteroatoms. The van der Waals surface area contributed by atoms with Crippen LogP contribution in [0.4, 0.5) is 11.5 Å². The van der Waals surface area contributed by atoms with Crippen molar-refractivity contribution < 1.29 is 4.79 Å². The number of hydrogen-bond donors (Lipinski definition) is 1. The molecule has 2 heterocycles. The van der Waals surface area contributed by atoms with Crippen LogP contribution >= 0.6 is 0 Å². The summed E-state index contributed by atoms with van der Waals surface area (Å²) in [7, 11) is 2.11. The van der Waals surface area contributed by atoms with Gasteiger partial charge in [-0.05, 0) is 24.1 Å². The number of carbonyl (C=O) groups excluding carboxylic acids is 1. The van der Waals surface area contributed by atoms with Crippen molar-refractivity contribution in [1.82, 2.24) is 14.9 Å². The van der Waals surface area contributed by atoms with Gasteiger partial charge < -0.3 is 15.1 Å². The van der Waals surface area contributed by atoms with E-state index in [9.17, 15) is 4.79 Å². The first-order valence-corrected chi connectivity index (χ1v) is 9.01. The van der Waals surface area contributed by atoms with Gasteiger partial charge in [-0.2, -0.15) is 0 Å². The van der Waals surface area contributed by atoms with E-state index in [-0.39, 0.29) is 11.3 Å². The highest BCUT2D eigenvalue weighted by Gasteiger charge is 2.21. The van der Waals surface area contributed by atoms with Crippen LogP contribution in [-0.2, 0) is 5.41 Å². The molecule has 6 nitrogen and oxygen atoms in total. The van der Waals surface area contributed by atoms with E-state index >= 15 is 0 Å². The Morgan fingerprint density at radius 1 is 1.08 bits per heavy atom. The van der Waals surface area contributed by atoms with Crippen LogP contribution in [-0.4, -0.2) is 54.0 Å². The molecule has 0 bridgehead atoms. The number of para-hydroxylation sites is 1. The molecular formula is C20H27N5O. The molecule has 1 aliphatic heterocycles. The number of nitrogens with one attached hydrogen (secondary N) is 1. The predicted molar refractivity (Wildman–Crippen MR) is 105 cm³/mol. The molecule has 0 radical (unpaired) electrons. The van der Waals surface area contributed by atoms with E-state index in [0.29, 0.717) is 5.69 Å². The van der Waals surface area contributed by atoms with Crippen molar-refractivity contribution in [3.63, 3.8) is 0 Å². The highest BCUT2D eigenvalue weighted by molar-refractivity contribution is 6.03. The molecule has 3 rings (SSSR count). The molecule has 1 aromatic carbocycles. The fraction of sp³-hybridized carbons (Fsp3) is 0.450. The number of likely N-dealkylation sites (N-methyl/N-ethyl adjacent to an activating group) is 1. The summed E-state index contributed by atoms with van der Waals surface area (Å²) in [6, 6.07) is 9.68. The van der Waals surface area contributed by atoms with E-state index in [2.05, 4.69) is 52.9 Å². The van der Waals surface area contributed by atoms with E-state index in [1.807, 2.05) is 24.3 Å². The Morgan fingerprint density at radius 3 is 2.46 bits per heavy atom. The zero-order valence-corrected chi connectivity index (χ0v) is 16.0. The first-order chi connectivity index (χ1) is 12.3. The van der Waals surface area contributed by atoms with Gasteiger partial charge in [0.25, 0.3) is 5.91 Å². The number of carbonyl (C=O) groups is 1. The first-order valence-electron chi connectivity index (χ1n) is 9.01. The van der Waals surface area contributed by atoms with Gasteiger partial charge in [-0.25, -0.2) is 9.97 Å². The molecule has 26 heavy (non-hydrogen) atoms. The second-order valence-corrected chi connectivity index (χ2v) is 7.80. The molecule has 1 aliphatic rings. The second kappa shape index (κ2) is 7.41. The van der Waals surface area contributed by atoms with Gasteiger partial charge in [-0.1, -0.05) is 39.0 Å². The molecule has 1 fully saturated rings. The van der Waals surface area contributed by atoms with Gasteiger partial charge in [-0.15, -0.1) is 0 Å². The Kier molecular flexibility index (Phi) is 5.23. The number of benzene rings is 1. The van der Waals surface area contributed by atoms with E-state index in [1.54, 1.807) is 6.07 Å². The summed E-state index contributed by atoms with van der Waals surface area (Å²) < 4.78 is 0. The Morgan fingerprint density at radius 2 is 1.77 bits per heavy atom. The highest BCUT2D eigenvalue weighted by atomic mass is 16.1. The number of rotatable bonds is 3. The van der Waals surface area contributed by atoms with Crippen LogP contribution < -0.4 is 10.2 Å². The average Bonchev–Trinajstić information content (AvgIpc) is 2.62. The molecule has 2 aromatic rings. The molecule has 1 aromatic heterocycles. The van der Waals surface area contributed by atoms with Crippen LogP contribution in [0.25, 0.3) is 0 Å². The molecule has 1 saturated heterocycles. The summed E-state index contributed by atoms with van der Waals surface area (Å²) in [5.74, 6) is 0.599. The molecule has 0 saturated carbocycles. The van der Waals surface area contributed by atoms with Gasteiger partial charge in [0.2, 0.25) is 0 Å². The molecule has 0 aliphatic carbocycles. The van der Waals surface area contributed by atoms with Crippen molar-refractivity contribution in [3.05, 3.63) is 47.9 Å². The molecular weight excluding hydrogens is 326 g/mol. The molecule has 0 spiro atoms. The molecule has 0 atom stereocenters. The molecule has 1 amide bonds. The van der Waals surface area contributed by atoms with Crippen LogP contribution in [0.15, 0.2) is 36.7 Å².